The molecule has 0 saturated heterocycles. The van der Waals surface area contributed by atoms with Crippen molar-refractivity contribution in [3.8, 4) is 0 Å². The van der Waals surface area contributed by atoms with Crippen LogP contribution in [0.3, 0.4) is 0 Å². The smallest absolute Gasteiger partial charge is 0.0617 e. The molecule has 0 aliphatic heterocycles. The summed E-state index contributed by atoms with van der Waals surface area (Å²) in [7, 11) is 0. The van der Waals surface area contributed by atoms with Crippen LogP contribution in [-0.4, -0.2) is 0 Å². The monoisotopic (exact) mass is 171 g/mol. The van der Waals surface area contributed by atoms with Crippen molar-refractivity contribution < 1.29 is 0 Å². The molecule has 0 bridgehead atoms. The number of hydrogen-bond donors (Lipinski definition) is 2. The molecule has 0 aliphatic carbocycles. The van der Waals surface area contributed by atoms with E-state index in [2.05, 4.69) is 25.6 Å². The van der Waals surface area contributed by atoms with E-state index in [4.69, 9.17) is 0 Å². The first-order chi connectivity index (χ1) is 4.72. The molecule has 0 aliphatic rings. The molecule has 1 aromatic rings. The Kier molecular flexibility index (Phi) is 2.51. The zero-order valence-electron chi connectivity index (χ0n) is 5.65. The molecule has 0 saturated carbocycles. The molecule has 0 heterocycles. The van der Waals surface area contributed by atoms with Crippen LogP contribution in [0.15, 0.2) is 24.3 Å². The van der Waals surface area contributed by atoms with Crippen LogP contribution < -0.4 is 3.71 Å². The van der Waals surface area contributed by atoms with Gasteiger partial charge in [-0.2, -0.15) is 0 Å². The molecule has 0 unspecified atom stereocenters. The van der Waals surface area contributed by atoms with E-state index in [9.17, 15) is 0 Å². The lowest BCUT2D eigenvalue weighted by Crippen LogP contribution is -1.93. The fraction of sp³-hybridized carbons (Fsp3) is 0.143. The van der Waals surface area contributed by atoms with Gasteiger partial charge in [0.2, 0.25) is 0 Å². The summed E-state index contributed by atoms with van der Waals surface area (Å²) in [5.74, 6) is 0. The Morgan fingerprint density at radius 1 is 1.20 bits per heavy atom. The maximum atomic E-state index is 4.05. The van der Waals surface area contributed by atoms with E-state index in [0.29, 0.717) is 0 Å². The third-order valence-corrected chi connectivity index (χ3v) is 1.76. The Bertz CT molecular complexity index is 223. The Balaban J connectivity index is 3.03. The Labute approximate surface area is 72.1 Å². The van der Waals surface area contributed by atoms with Gasteiger partial charge in [0.25, 0.3) is 0 Å². The van der Waals surface area contributed by atoms with Gasteiger partial charge >= 0.3 is 0 Å². The Morgan fingerprint density at radius 2 is 1.80 bits per heavy atom. The number of hydrogen-bond acceptors (Lipinski definition) is 3. The molecule has 0 spiro atoms. The van der Waals surface area contributed by atoms with Crippen LogP contribution in [-0.2, 0) is 0 Å². The first kappa shape index (κ1) is 7.82. The first-order valence-electron chi connectivity index (χ1n) is 2.95. The van der Waals surface area contributed by atoms with Crippen molar-refractivity contribution in [2.24, 2.45) is 0 Å². The minimum atomic E-state index is 1.02. The van der Waals surface area contributed by atoms with E-state index in [1.54, 1.807) is 0 Å². The molecule has 0 radical (unpaired) electrons. The van der Waals surface area contributed by atoms with Gasteiger partial charge in [-0.25, -0.2) is 0 Å². The fourth-order valence-electron chi connectivity index (χ4n) is 0.788. The number of para-hydroxylation sites is 1. The van der Waals surface area contributed by atoms with E-state index in [1.165, 1.54) is 9.27 Å². The number of anilines is 1. The molecule has 0 N–H and O–H groups in total. The van der Waals surface area contributed by atoms with Crippen molar-refractivity contribution in [3.63, 3.8) is 0 Å². The standard InChI is InChI=1S/C7H9NS2/c1-6-4-2-3-5-7(6)8(9)10/h2-5,9-10H,1H3. The summed E-state index contributed by atoms with van der Waals surface area (Å²) >= 11 is 8.11. The topological polar surface area (TPSA) is 3.24 Å². The van der Waals surface area contributed by atoms with Gasteiger partial charge in [-0.1, -0.05) is 43.8 Å². The molecule has 3 heteroatoms. The second-order valence-electron chi connectivity index (χ2n) is 2.08. The highest BCUT2D eigenvalue weighted by Gasteiger charge is 1.97. The van der Waals surface area contributed by atoms with Gasteiger partial charge in [-0.3, -0.25) is 3.71 Å². The minimum absolute atomic E-state index is 1.02. The van der Waals surface area contributed by atoms with E-state index in [-0.39, 0.29) is 0 Å². The zero-order valence-corrected chi connectivity index (χ0v) is 7.44. The maximum Gasteiger partial charge on any atom is 0.0617 e. The third-order valence-electron chi connectivity index (χ3n) is 1.33. The number of thiol groups is 2. The normalized spacial score (nSPS) is 9.50. The van der Waals surface area contributed by atoms with Crippen LogP contribution in [0.4, 0.5) is 5.69 Å². The van der Waals surface area contributed by atoms with Crippen LogP contribution >= 0.6 is 25.6 Å². The van der Waals surface area contributed by atoms with Crippen molar-refractivity contribution in [2.75, 3.05) is 3.71 Å². The van der Waals surface area contributed by atoms with Gasteiger partial charge in [0.05, 0.1) is 5.69 Å². The Hall–Kier alpha value is -0.280. The quantitative estimate of drug-likeness (QED) is 0.614. The van der Waals surface area contributed by atoms with Crippen LogP contribution in [0.1, 0.15) is 5.56 Å². The van der Waals surface area contributed by atoms with Crippen molar-refractivity contribution in [2.45, 2.75) is 6.92 Å². The summed E-state index contributed by atoms with van der Waals surface area (Å²) in [6.07, 6.45) is 0. The van der Waals surface area contributed by atoms with E-state index in [0.717, 1.165) is 5.69 Å². The highest BCUT2D eigenvalue weighted by molar-refractivity contribution is 8.00. The fourth-order valence-corrected chi connectivity index (χ4v) is 1.24. The molecule has 1 nitrogen and oxygen atoms in total. The molecule has 0 aromatic heterocycles. The molecule has 0 amide bonds. The summed E-state index contributed by atoms with van der Waals surface area (Å²) in [6, 6.07) is 7.94. The molecular weight excluding hydrogens is 162 g/mol. The predicted molar refractivity (Wildman–Crippen MR) is 51.6 cm³/mol. The van der Waals surface area contributed by atoms with Crippen molar-refractivity contribution in [3.05, 3.63) is 29.8 Å². The summed E-state index contributed by atoms with van der Waals surface area (Å²) in [6.45, 7) is 2.02. The van der Waals surface area contributed by atoms with Gasteiger partial charge in [0.1, 0.15) is 0 Å². The highest BCUT2D eigenvalue weighted by atomic mass is 32.2. The number of rotatable bonds is 1. The largest absolute Gasteiger partial charge is 0.264 e. The summed E-state index contributed by atoms with van der Waals surface area (Å²) in [5.41, 5.74) is 2.20. The summed E-state index contributed by atoms with van der Waals surface area (Å²) in [5, 5.41) is 0. The van der Waals surface area contributed by atoms with Gasteiger partial charge in [0.15, 0.2) is 0 Å². The van der Waals surface area contributed by atoms with Gasteiger partial charge in [0, 0.05) is 0 Å². The third kappa shape index (κ3) is 1.61. The SMILES string of the molecule is Cc1ccccc1N(S)S. The maximum absolute atomic E-state index is 4.05. The molecule has 0 atom stereocenters. The first-order valence-corrected chi connectivity index (χ1v) is 3.75. The number of aryl methyl sites for hydroxylation is 1. The molecular formula is C7H9NS2. The van der Waals surface area contributed by atoms with Crippen LogP contribution in [0, 0.1) is 6.92 Å². The van der Waals surface area contributed by atoms with Crippen molar-refractivity contribution in [1.29, 1.82) is 0 Å². The molecule has 54 valence electrons. The van der Waals surface area contributed by atoms with Gasteiger partial charge < -0.3 is 0 Å². The number of benzene rings is 1. The van der Waals surface area contributed by atoms with E-state index < -0.39 is 0 Å². The average molecular weight is 171 g/mol. The van der Waals surface area contributed by atoms with Gasteiger partial charge in [-0.05, 0) is 18.6 Å². The Morgan fingerprint density at radius 3 is 2.20 bits per heavy atom. The summed E-state index contributed by atoms with van der Waals surface area (Å²) < 4.78 is 1.51. The molecule has 1 rings (SSSR count). The molecule has 0 fully saturated rings. The van der Waals surface area contributed by atoms with Gasteiger partial charge in [-0.15, -0.1) is 0 Å². The highest BCUT2D eigenvalue weighted by Crippen LogP contribution is 2.21. The van der Waals surface area contributed by atoms with Crippen molar-refractivity contribution >= 4 is 31.3 Å². The lowest BCUT2D eigenvalue weighted by molar-refractivity contribution is 1.44. The number of nitrogens with zero attached hydrogens (tertiary/aromatic N) is 1. The lowest BCUT2D eigenvalue weighted by atomic mass is 10.2. The second kappa shape index (κ2) is 3.21. The molecule has 10 heavy (non-hydrogen) atoms. The van der Waals surface area contributed by atoms with Crippen LogP contribution in [0.5, 0.6) is 0 Å². The van der Waals surface area contributed by atoms with Crippen LogP contribution in [0.25, 0.3) is 0 Å². The minimum Gasteiger partial charge on any atom is -0.264 e. The average Bonchev–Trinajstić information content (AvgIpc) is 1.88. The predicted octanol–water partition coefficient (Wildman–Crippen LogP) is 2.49. The van der Waals surface area contributed by atoms with Crippen LogP contribution in [0.2, 0.25) is 0 Å². The van der Waals surface area contributed by atoms with Crippen molar-refractivity contribution in [1.82, 2.24) is 0 Å². The molecule has 1 aromatic carbocycles. The zero-order chi connectivity index (χ0) is 7.56. The summed E-state index contributed by atoms with van der Waals surface area (Å²) in [4.78, 5) is 0. The van der Waals surface area contributed by atoms with E-state index in [1.807, 2.05) is 31.2 Å². The lowest BCUT2D eigenvalue weighted by Gasteiger charge is -2.10. The second-order valence-corrected chi connectivity index (χ2v) is 3.19. The van der Waals surface area contributed by atoms with E-state index >= 15 is 0 Å².